The smallest absolute Gasteiger partial charge is 0.0258 e. The third-order valence-corrected chi connectivity index (χ3v) is 3.22. The van der Waals surface area contributed by atoms with E-state index in [1.807, 2.05) is 0 Å². The Morgan fingerprint density at radius 1 is 0.889 bits per heavy atom. The second-order valence-electron chi connectivity index (χ2n) is 3.04. The first-order valence-electron chi connectivity index (χ1n) is 3.80. The molecule has 0 aromatic rings. The van der Waals surface area contributed by atoms with E-state index in [4.69, 9.17) is 0 Å². The summed E-state index contributed by atoms with van der Waals surface area (Å²) in [5, 5.41) is 0. The summed E-state index contributed by atoms with van der Waals surface area (Å²) in [6.07, 6.45) is 7.14. The molecule has 0 aromatic heterocycles. The molecule has 0 nitrogen and oxygen atoms in total. The van der Waals surface area contributed by atoms with Crippen molar-refractivity contribution in [3.63, 3.8) is 0 Å². The summed E-state index contributed by atoms with van der Waals surface area (Å²) in [6.45, 7) is 0. The van der Waals surface area contributed by atoms with E-state index < -0.39 is 0 Å². The Bertz CT molecular complexity index is 73.0. The van der Waals surface area contributed by atoms with Crippen molar-refractivity contribution in [1.82, 2.24) is 0 Å². The second kappa shape index (κ2) is 3.89. The lowest BCUT2D eigenvalue weighted by Gasteiger charge is -2.09. The first-order chi connectivity index (χ1) is 4.29. The number of rotatable bonds is 0. The van der Waals surface area contributed by atoms with Crippen molar-refractivity contribution in [3.8, 4) is 0 Å². The maximum atomic E-state index is 2.95. The van der Waals surface area contributed by atoms with Gasteiger partial charge in [0, 0.05) is 0 Å². The molecule has 1 rings (SSSR count). The fraction of sp³-hybridized carbons (Fsp3) is 1.00. The van der Waals surface area contributed by atoms with E-state index in [0.717, 1.165) is 11.3 Å². The van der Waals surface area contributed by atoms with Crippen LogP contribution in [0.15, 0.2) is 0 Å². The second-order valence-corrected chi connectivity index (χ2v) is 4.93. The van der Waals surface area contributed by atoms with Gasteiger partial charge in [0.2, 0.25) is 0 Å². The average molecular weight is 162 g/mol. The molecule has 0 N–H and O–H groups in total. The first kappa shape index (κ1) is 7.96. The molecule has 9 heavy (non-hydrogen) atoms. The minimum Gasteiger partial charge on any atom is -0.134 e. The highest BCUT2D eigenvalue weighted by atomic mass is 31.0. The highest BCUT2D eigenvalue weighted by Gasteiger charge is 2.12. The molecule has 0 saturated heterocycles. The lowest BCUT2D eigenvalue weighted by atomic mass is 10.2. The van der Waals surface area contributed by atoms with Gasteiger partial charge >= 0.3 is 0 Å². The van der Waals surface area contributed by atoms with E-state index in [1.165, 1.54) is 32.1 Å². The van der Waals surface area contributed by atoms with Gasteiger partial charge in [0.05, 0.1) is 0 Å². The predicted octanol–water partition coefficient (Wildman–Crippen LogP) is 2.44. The lowest BCUT2D eigenvalue weighted by molar-refractivity contribution is 0.709. The zero-order valence-electron chi connectivity index (χ0n) is 5.84. The maximum Gasteiger partial charge on any atom is -0.0258 e. The van der Waals surface area contributed by atoms with Crippen LogP contribution in [0.4, 0.5) is 0 Å². The van der Waals surface area contributed by atoms with Gasteiger partial charge in [-0.05, 0) is 30.6 Å². The quantitative estimate of drug-likeness (QED) is 0.379. The summed E-state index contributed by atoms with van der Waals surface area (Å²) in [6, 6.07) is 0. The number of hydrogen-bond donors (Lipinski definition) is 0. The molecule has 0 aliphatic heterocycles. The van der Waals surface area contributed by atoms with Crippen LogP contribution in [0.5, 0.6) is 0 Å². The predicted molar refractivity (Wildman–Crippen MR) is 50.1 cm³/mol. The Hall–Kier alpha value is 0.860. The van der Waals surface area contributed by atoms with E-state index >= 15 is 0 Å². The van der Waals surface area contributed by atoms with Crippen molar-refractivity contribution >= 4 is 18.5 Å². The SMILES string of the molecule is PC1CCCCC(P)C1. The third kappa shape index (κ3) is 2.96. The highest BCUT2D eigenvalue weighted by Crippen LogP contribution is 2.27. The third-order valence-electron chi connectivity index (χ3n) is 2.01. The average Bonchev–Trinajstić information content (AvgIpc) is 1.93. The Morgan fingerprint density at radius 3 is 1.78 bits per heavy atom. The normalized spacial score (nSPS) is 38.0. The molecule has 1 aliphatic carbocycles. The molecular formula is C7H16P2. The van der Waals surface area contributed by atoms with Crippen molar-refractivity contribution in [2.24, 2.45) is 0 Å². The molecule has 4 unspecified atom stereocenters. The Labute approximate surface area is 62.6 Å². The van der Waals surface area contributed by atoms with Crippen LogP contribution in [-0.2, 0) is 0 Å². The number of hydrogen-bond acceptors (Lipinski definition) is 0. The summed E-state index contributed by atoms with van der Waals surface area (Å²) in [5.41, 5.74) is 1.80. The molecule has 1 aliphatic rings. The molecule has 0 aromatic carbocycles. The van der Waals surface area contributed by atoms with Crippen LogP contribution in [0.3, 0.4) is 0 Å². The van der Waals surface area contributed by atoms with Crippen LogP contribution in [-0.4, -0.2) is 11.3 Å². The zero-order valence-corrected chi connectivity index (χ0v) is 8.15. The van der Waals surface area contributed by atoms with Gasteiger partial charge in [0.15, 0.2) is 0 Å². The molecule has 0 bridgehead atoms. The van der Waals surface area contributed by atoms with Gasteiger partial charge in [0.1, 0.15) is 0 Å². The van der Waals surface area contributed by atoms with Gasteiger partial charge in [-0.15, -0.1) is 18.5 Å². The Kier molecular flexibility index (Phi) is 3.44. The molecule has 0 radical (unpaired) electrons. The van der Waals surface area contributed by atoms with Gasteiger partial charge in [-0.3, -0.25) is 0 Å². The van der Waals surface area contributed by atoms with Crippen molar-refractivity contribution < 1.29 is 0 Å². The maximum absolute atomic E-state index is 2.95. The molecule has 0 amide bonds. The highest BCUT2D eigenvalue weighted by molar-refractivity contribution is 7.19. The summed E-state index contributed by atoms with van der Waals surface area (Å²) in [7, 11) is 5.90. The zero-order chi connectivity index (χ0) is 6.69. The van der Waals surface area contributed by atoms with Gasteiger partial charge in [0.25, 0.3) is 0 Å². The van der Waals surface area contributed by atoms with Crippen LogP contribution in [0.25, 0.3) is 0 Å². The fourth-order valence-electron chi connectivity index (χ4n) is 1.44. The van der Waals surface area contributed by atoms with E-state index in [2.05, 4.69) is 18.5 Å². The molecule has 54 valence electrons. The van der Waals surface area contributed by atoms with Gasteiger partial charge in [-0.2, -0.15) is 0 Å². The van der Waals surface area contributed by atoms with Gasteiger partial charge in [-0.1, -0.05) is 12.8 Å². The van der Waals surface area contributed by atoms with Crippen molar-refractivity contribution in [3.05, 3.63) is 0 Å². The van der Waals surface area contributed by atoms with Crippen LogP contribution < -0.4 is 0 Å². The molecule has 2 heteroatoms. The van der Waals surface area contributed by atoms with Gasteiger partial charge in [-0.25, -0.2) is 0 Å². The van der Waals surface area contributed by atoms with Crippen molar-refractivity contribution in [2.75, 3.05) is 0 Å². The monoisotopic (exact) mass is 162 g/mol. The minimum atomic E-state index is 0.898. The molecule has 4 atom stereocenters. The minimum absolute atomic E-state index is 0.898. The largest absolute Gasteiger partial charge is 0.134 e. The van der Waals surface area contributed by atoms with Crippen molar-refractivity contribution in [1.29, 1.82) is 0 Å². The summed E-state index contributed by atoms with van der Waals surface area (Å²) in [5.74, 6) is 0. The Balaban J connectivity index is 2.29. The molecule has 0 heterocycles. The van der Waals surface area contributed by atoms with Crippen LogP contribution >= 0.6 is 18.5 Å². The summed E-state index contributed by atoms with van der Waals surface area (Å²) < 4.78 is 0. The van der Waals surface area contributed by atoms with Crippen LogP contribution in [0, 0.1) is 0 Å². The van der Waals surface area contributed by atoms with E-state index in [0.29, 0.717) is 0 Å². The van der Waals surface area contributed by atoms with E-state index in [-0.39, 0.29) is 0 Å². The van der Waals surface area contributed by atoms with Gasteiger partial charge < -0.3 is 0 Å². The van der Waals surface area contributed by atoms with Crippen molar-refractivity contribution in [2.45, 2.75) is 43.4 Å². The summed E-state index contributed by atoms with van der Waals surface area (Å²) >= 11 is 0. The van der Waals surface area contributed by atoms with E-state index in [1.54, 1.807) is 0 Å². The Morgan fingerprint density at radius 2 is 1.33 bits per heavy atom. The molecular weight excluding hydrogens is 146 g/mol. The first-order valence-corrected chi connectivity index (χ1v) is 5.13. The molecule has 1 fully saturated rings. The van der Waals surface area contributed by atoms with Crippen LogP contribution in [0.1, 0.15) is 32.1 Å². The summed E-state index contributed by atoms with van der Waals surface area (Å²) in [4.78, 5) is 0. The molecule has 0 spiro atoms. The fourth-order valence-corrected chi connectivity index (χ4v) is 2.92. The topological polar surface area (TPSA) is 0 Å². The van der Waals surface area contributed by atoms with Crippen LogP contribution in [0.2, 0.25) is 0 Å². The molecule has 1 saturated carbocycles. The standard InChI is InChI=1S/C7H16P2/c8-6-3-1-2-4-7(9)5-6/h6-7H,1-5,8-9H2. The van der Waals surface area contributed by atoms with E-state index in [9.17, 15) is 0 Å². The lowest BCUT2D eigenvalue weighted by Crippen LogP contribution is -2.02.